The van der Waals surface area contributed by atoms with Crippen LogP contribution in [0.25, 0.3) is 0 Å². The number of benzene rings is 1. The minimum absolute atomic E-state index is 0.0717. The van der Waals surface area contributed by atoms with Gasteiger partial charge in [0.1, 0.15) is 0 Å². The second-order valence-electron chi connectivity index (χ2n) is 3.75. The number of amides is 1. The van der Waals surface area contributed by atoms with Crippen LogP contribution in [-0.2, 0) is 11.2 Å². The van der Waals surface area contributed by atoms with Crippen molar-refractivity contribution in [3.63, 3.8) is 0 Å². The van der Waals surface area contributed by atoms with Gasteiger partial charge in [-0.2, -0.15) is 0 Å². The number of carboxylic acid groups (broad SMARTS) is 1. The molecule has 1 aromatic carbocycles. The summed E-state index contributed by atoms with van der Waals surface area (Å²) in [6, 6.07) is 6.50. The minimum atomic E-state index is -1.02. The molecule has 2 N–H and O–H groups in total. The molecule has 5 heteroatoms. The van der Waals surface area contributed by atoms with E-state index in [1.54, 1.807) is 30.0 Å². The van der Waals surface area contributed by atoms with Crippen LogP contribution in [0.15, 0.2) is 24.3 Å². The molecule has 0 unspecified atom stereocenters. The zero-order chi connectivity index (χ0) is 14.1. The van der Waals surface area contributed by atoms with Crippen LogP contribution in [0.3, 0.4) is 0 Å². The first kappa shape index (κ1) is 15.1. The Bertz CT molecular complexity index is 494. The van der Waals surface area contributed by atoms with Crippen LogP contribution in [0, 0.1) is 12.3 Å². The SMILES string of the molecule is C#CCSCCNC(=O)Cc1ccccc1C(=O)O. The van der Waals surface area contributed by atoms with Crippen LogP contribution in [0.5, 0.6) is 0 Å². The lowest BCUT2D eigenvalue weighted by molar-refractivity contribution is -0.120. The highest BCUT2D eigenvalue weighted by atomic mass is 32.2. The molecule has 1 amide bonds. The third-order valence-corrected chi connectivity index (χ3v) is 3.22. The van der Waals surface area contributed by atoms with E-state index in [0.717, 1.165) is 5.75 Å². The predicted octanol–water partition coefficient (Wildman–Crippen LogP) is 1.41. The third-order valence-electron chi connectivity index (χ3n) is 2.35. The van der Waals surface area contributed by atoms with Gasteiger partial charge in [0, 0.05) is 12.3 Å². The molecular formula is C14H15NO3S. The average molecular weight is 277 g/mol. The molecule has 0 radical (unpaired) electrons. The molecule has 0 aliphatic carbocycles. The number of nitrogens with one attached hydrogen (secondary N) is 1. The Balaban J connectivity index is 2.45. The van der Waals surface area contributed by atoms with Crippen molar-refractivity contribution >= 4 is 23.6 Å². The van der Waals surface area contributed by atoms with E-state index in [9.17, 15) is 9.59 Å². The van der Waals surface area contributed by atoms with Crippen LogP contribution in [0.2, 0.25) is 0 Å². The number of hydrogen-bond acceptors (Lipinski definition) is 3. The summed E-state index contributed by atoms with van der Waals surface area (Å²) in [6.45, 7) is 0.528. The van der Waals surface area contributed by atoms with Crippen molar-refractivity contribution in [1.29, 1.82) is 0 Å². The first-order chi connectivity index (χ1) is 9.15. The van der Waals surface area contributed by atoms with Gasteiger partial charge in [0.25, 0.3) is 0 Å². The molecule has 0 fully saturated rings. The average Bonchev–Trinajstić information content (AvgIpc) is 2.39. The van der Waals surface area contributed by atoms with E-state index >= 15 is 0 Å². The summed E-state index contributed by atoms with van der Waals surface area (Å²) in [6.07, 6.45) is 5.18. The van der Waals surface area contributed by atoms with Crippen molar-refractivity contribution in [2.24, 2.45) is 0 Å². The normalized spacial score (nSPS) is 9.63. The Morgan fingerprint density at radius 1 is 1.37 bits per heavy atom. The Morgan fingerprint density at radius 3 is 2.79 bits per heavy atom. The standard InChI is InChI=1S/C14H15NO3S/c1-2-8-19-9-7-15-13(16)10-11-5-3-4-6-12(11)14(17)18/h1,3-6H,7-10H2,(H,15,16)(H,17,18). The molecule has 0 aliphatic heterocycles. The van der Waals surface area contributed by atoms with E-state index in [-0.39, 0.29) is 17.9 Å². The van der Waals surface area contributed by atoms with E-state index in [1.165, 1.54) is 6.07 Å². The maximum absolute atomic E-state index is 11.7. The maximum Gasteiger partial charge on any atom is 0.335 e. The van der Waals surface area contributed by atoms with Crippen LogP contribution in [0.4, 0.5) is 0 Å². The van der Waals surface area contributed by atoms with Gasteiger partial charge in [0.15, 0.2) is 0 Å². The van der Waals surface area contributed by atoms with Crippen molar-refractivity contribution in [3.05, 3.63) is 35.4 Å². The Hall–Kier alpha value is -1.93. The number of aromatic carboxylic acids is 1. The number of carbonyl (C=O) groups is 2. The summed E-state index contributed by atoms with van der Waals surface area (Å²) in [7, 11) is 0. The second kappa shape index (κ2) is 8.22. The van der Waals surface area contributed by atoms with Crippen molar-refractivity contribution < 1.29 is 14.7 Å². The largest absolute Gasteiger partial charge is 0.478 e. The van der Waals surface area contributed by atoms with Gasteiger partial charge in [-0.1, -0.05) is 24.1 Å². The molecule has 0 bridgehead atoms. The number of hydrogen-bond donors (Lipinski definition) is 2. The van der Waals surface area contributed by atoms with Gasteiger partial charge in [-0.05, 0) is 11.6 Å². The summed E-state index contributed by atoms with van der Waals surface area (Å²) in [5.41, 5.74) is 0.683. The maximum atomic E-state index is 11.7. The lowest BCUT2D eigenvalue weighted by atomic mass is 10.0. The second-order valence-corrected chi connectivity index (χ2v) is 4.85. The fourth-order valence-electron chi connectivity index (χ4n) is 1.51. The smallest absolute Gasteiger partial charge is 0.335 e. The first-order valence-corrected chi connectivity index (χ1v) is 6.89. The summed E-state index contributed by atoms with van der Waals surface area (Å²) < 4.78 is 0. The summed E-state index contributed by atoms with van der Waals surface area (Å²) in [5.74, 6) is 2.66. The number of carboxylic acids is 1. The van der Waals surface area contributed by atoms with Crippen molar-refractivity contribution in [1.82, 2.24) is 5.32 Å². The van der Waals surface area contributed by atoms with Crippen LogP contribution < -0.4 is 5.32 Å². The van der Waals surface area contributed by atoms with Gasteiger partial charge in [-0.3, -0.25) is 4.79 Å². The molecule has 0 aromatic heterocycles. The van der Waals surface area contributed by atoms with Crippen LogP contribution in [-0.4, -0.2) is 35.0 Å². The monoisotopic (exact) mass is 277 g/mol. The summed E-state index contributed by atoms with van der Waals surface area (Å²) in [4.78, 5) is 22.6. The molecule has 0 aliphatic rings. The predicted molar refractivity (Wildman–Crippen MR) is 76.3 cm³/mol. The number of terminal acetylenes is 1. The fraction of sp³-hybridized carbons (Fsp3) is 0.286. The molecule has 0 saturated heterocycles. The van der Waals surface area contributed by atoms with E-state index in [2.05, 4.69) is 11.2 Å². The minimum Gasteiger partial charge on any atom is -0.478 e. The molecule has 100 valence electrons. The van der Waals surface area contributed by atoms with Gasteiger partial charge < -0.3 is 10.4 Å². The fourth-order valence-corrected chi connectivity index (χ4v) is 2.02. The van der Waals surface area contributed by atoms with Crippen molar-refractivity contribution in [3.8, 4) is 12.3 Å². The topological polar surface area (TPSA) is 66.4 Å². The van der Waals surface area contributed by atoms with Gasteiger partial charge in [-0.25, -0.2) is 4.79 Å². The third kappa shape index (κ3) is 5.49. The molecule has 1 rings (SSSR count). The highest BCUT2D eigenvalue weighted by Gasteiger charge is 2.11. The highest BCUT2D eigenvalue weighted by molar-refractivity contribution is 7.99. The van der Waals surface area contributed by atoms with Crippen LogP contribution >= 0.6 is 11.8 Å². The first-order valence-electron chi connectivity index (χ1n) is 5.74. The molecule has 0 saturated carbocycles. The Labute approximate surface area is 116 Å². The van der Waals surface area contributed by atoms with Gasteiger partial charge in [0.2, 0.25) is 5.91 Å². The number of thioether (sulfide) groups is 1. The van der Waals surface area contributed by atoms with Gasteiger partial charge in [-0.15, -0.1) is 18.2 Å². The molecule has 4 nitrogen and oxygen atoms in total. The van der Waals surface area contributed by atoms with E-state index in [0.29, 0.717) is 17.9 Å². The zero-order valence-electron chi connectivity index (χ0n) is 10.4. The van der Waals surface area contributed by atoms with Gasteiger partial charge >= 0.3 is 5.97 Å². The lowest BCUT2D eigenvalue weighted by Gasteiger charge is -2.07. The van der Waals surface area contributed by atoms with Gasteiger partial charge in [0.05, 0.1) is 17.7 Å². The van der Waals surface area contributed by atoms with Crippen molar-refractivity contribution in [2.45, 2.75) is 6.42 Å². The molecule has 0 atom stereocenters. The Morgan fingerprint density at radius 2 is 2.11 bits per heavy atom. The van der Waals surface area contributed by atoms with E-state index < -0.39 is 5.97 Å². The molecule has 19 heavy (non-hydrogen) atoms. The summed E-state index contributed by atoms with van der Waals surface area (Å²) >= 11 is 1.56. The van der Waals surface area contributed by atoms with Crippen molar-refractivity contribution in [2.75, 3.05) is 18.1 Å². The molecule has 0 heterocycles. The molecule has 1 aromatic rings. The number of carbonyl (C=O) groups excluding carboxylic acids is 1. The number of rotatable bonds is 7. The lowest BCUT2D eigenvalue weighted by Crippen LogP contribution is -2.28. The molecular weight excluding hydrogens is 262 g/mol. The van der Waals surface area contributed by atoms with E-state index in [1.807, 2.05) is 0 Å². The molecule has 0 spiro atoms. The van der Waals surface area contributed by atoms with E-state index in [4.69, 9.17) is 11.5 Å². The summed E-state index contributed by atoms with van der Waals surface area (Å²) in [5, 5.41) is 11.7. The zero-order valence-corrected chi connectivity index (χ0v) is 11.2. The Kier molecular flexibility index (Phi) is 6.55. The quantitative estimate of drug-likeness (QED) is 0.584. The van der Waals surface area contributed by atoms with Crippen LogP contribution in [0.1, 0.15) is 15.9 Å². The highest BCUT2D eigenvalue weighted by Crippen LogP contribution is 2.09.